The molecule has 0 spiro atoms. The van der Waals surface area contributed by atoms with Crippen molar-refractivity contribution < 1.29 is 9.32 Å². The molecule has 1 amide bonds. The van der Waals surface area contributed by atoms with Crippen LogP contribution in [0, 0.1) is 5.92 Å². The largest absolute Gasteiger partial charge is 0.356 e. The van der Waals surface area contributed by atoms with Crippen LogP contribution >= 0.6 is 11.3 Å². The first-order valence-electron chi connectivity index (χ1n) is 8.62. The molecule has 2 aromatic rings. The molecule has 1 aliphatic heterocycles. The van der Waals surface area contributed by atoms with Crippen LogP contribution in [0.1, 0.15) is 38.5 Å². The summed E-state index contributed by atoms with van der Waals surface area (Å²) in [6.07, 6.45) is 4.12. The van der Waals surface area contributed by atoms with Crippen LogP contribution in [0.15, 0.2) is 22.0 Å². The second-order valence-corrected chi connectivity index (χ2v) is 7.16. The fourth-order valence-electron chi connectivity index (χ4n) is 2.96. The number of nitrogens with zero attached hydrogens (tertiary/aromatic N) is 3. The number of thiophene rings is 1. The molecule has 1 saturated heterocycles. The van der Waals surface area contributed by atoms with Crippen LogP contribution in [0.4, 0.5) is 0 Å². The number of amides is 1. The fraction of sp³-hybridized carbons (Fsp3) is 0.588. The number of carbonyl (C=O) groups excluding carboxylic acids is 1. The van der Waals surface area contributed by atoms with E-state index in [1.807, 2.05) is 17.5 Å². The zero-order valence-corrected chi connectivity index (χ0v) is 14.8. The number of aromatic nitrogens is 2. The number of likely N-dealkylation sites (tertiary alicyclic amines) is 1. The van der Waals surface area contributed by atoms with Crippen molar-refractivity contribution in [3.8, 4) is 10.7 Å². The second-order valence-electron chi connectivity index (χ2n) is 6.21. The first-order chi connectivity index (χ1) is 11.8. The molecule has 1 fully saturated rings. The molecule has 0 radical (unpaired) electrons. The van der Waals surface area contributed by atoms with Gasteiger partial charge in [0.2, 0.25) is 17.6 Å². The van der Waals surface area contributed by atoms with Gasteiger partial charge in [-0.05, 0) is 37.3 Å². The lowest BCUT2D eigenvalue weighted by Crippen LogP contribution is -2.42. The van der Waals surface area contributed by atoms with Gasteiger partial charge in [0.15, 0.2) is 0 Å². The van der Waals surface area contributed by atoms with Crippen molar-refractivity contribution in [3.63, 3.8) is 0 Å². The molecular formula is C17H24N4O2S. The molecule has 1 aliphatic rings. The predicted molar refractivity (Wildman–Crippen MR) is 93.5 cm³/mol. The number of hydrogen-bond acceptors (Lipinski definition) is 6. The third-order valence-corrected chi connectivity index (χ3v) is 5.14. The lowest BCUT2D eigenvalue weighted by molar-refractivity contribution is -0.126. The molecule has 24 heavy (non-hydrogen) atoms. The van der Waals surface area contributed by atoms with E-state index in [9.17, 15) is 4.79 Å². The Hall–Kier alpha value is -1.73. The summed E-state index contributed by atoms with van der Waals surface area (Å²) < 4.78 is 5.37. The minimum absolute atomic E-state index is 0.0651. The van der Waals surface area contributed by atoms with E-state index in [1.165, 1.54) is 0 Å². The summed E-state index contributed by atoms with van der Waals surface area (Å²) in [7, 11) is 0. The third kappa shape index (κ3) is 4.42. The monoisotopic (exact) mass is 348 g/mol. The van der Waals surface area contributed by atoms with Gasteiger partial charge < -0.3 is 9.84 Å². The third-order valence-electron chi connectivity index (χ3n) is 4.27. The molecule has 7 heteroatoms. The Morgan fingerprint density at radius 2 is 2.46 bits per heavy atom. The van der Waals surface area contributed by atoms with Crippen LogP contribution in [-0.2, 0) is 11.3 Å². The fourth-order valence-corrected chi connectivity index (χ4v) is 3.61. The molecule has 3 rings (SSSR count). The van der Waals surface area contributed by atoms with Crippen molar-refractivity contribution in [1.82, 2.24) is 20.4 Å². The SMILES string of the molecule is CCCCNC(=O)C1CCCN(Cc2nc(-c3cccs3)no2)C1. The second kappa shape index (κ2) is 8.39. The Morgan fingerprint density at radius 1 is 1.54 bits per heavy atom. The van der Waals surface area contributed by atoms with Crippen molar-refractivity contribution >= 4 is 17.2 Å². The predicted octanol–water partition coefficient (Wildman–Crippen LogP) is 2.93. The Bertz CT molecular complexity index is 641. The Balaban J connectivity index is 1.53. The van der Waals surface area contributed by atoms with Gasteiger partial charge in [-0.25, -0.2) is 0 Å². The van der Waals surface area contributed by atoms with E-state index >= 15 is 0 Å². The van der Waals surface area contributed by atoms with E-state index in [0.29, 0.717) is 18.3 Å². The van der Waals surface area contributed by atoms with Crippen molar-refractivity contribution in [2.24, 2.45) is 5.92 Å². The number of piperidine rings is 1. The van der Waals surface area contributed by atoms with Gasteiger partial charge in [0.1, 0.15) is 0 Å². The summed E-state index contributed by atoms with van der Waals surface area (Å²) in [5.74, 6) is 1.50. The van der Waals surface area contributed by atoms with Crippen LogP contribution in [0.3, 0.4) is 0 Å². The van der Waals surface area contributed by atoms with Crippen LogP contribution in [0.5, 0.6) is 0 Å². The lowest BCUT2D eigenvalue weighted by Gasteiger charge is -2.30. The van der Waals surface area contributed by atoms with Crippen LogP contribution in [0.25, 0.3) is 10.7 Å². The standard InChI is InChI=1S/C17H24N4O2S/c1-2-3-8-18-17(22)13-6-4-9-21(11-13)12-15-19-16(20-23-15)14-7-5-10-24-14/h5,7,10,13H,2-4,6,8-9,11-12H2,1H3,(H,18,22). The van der Waals surface area contributed by atoms with E-state index in [0.717, 1.165) is 50.2 Å². The molecule has 0 aliphatic carbocycles. The number of carbonyl (C=O) groups is 1. The maximum atomic E-state index is 12.2. The van der Waals surface area contributed by atoms with Crippen molar-refractivity contribution in [2.45, 2.75) is 39.2 Å². The molecule has 130 valence electrons. The number of rotatable bonds is 7. The summed E-state index contributed by atoms with van der Waals surface area (Å²) in [6.45, 7) is 5.24. The highest BCUT2D eigenvalue weighted by molar-refractivity contribution is 7.13. The molecule has 3 heterocycles. The first-order valence-corrected chi connectivity index (χ1v) is 9.50. The van der Waals surface area contributed by atoms with E-state index in [2.05, 4.69) is 27.3 Å². The average molecular weight is 348 g/mol. The first kappa shape index (κ1) is 17.1. The van der Waals surface area contributed by atoms with E-state index < -0.39 is 0 Å². The molecule has 1 unspecified atom stereocenters. The molecule has 0 aromatic carbocycles. The van der Waals surface area contributed by atoms with Gasteiger partial charge in [0, 0.05) is 13.1 Å². The zero-order chi connectivity index (χ0) is 16.8. The maximum Gasteiger partial charge on any atom is 0.241 e. The summed E-state index contributed by atoms with van der Waals surface area (Å²) >= 11 is 1.60. The Morgan fingerprint density at radius 3 is 3.25 bits per heavy atom. The topological polar surface area (TPSA) is 71.3 Å². The van der Waals surface area contributed by atoms with Crippen LogP contribution in [-0.4, -0.2) is 40.6 Å². The minimum Gasteiger partial charge on any atom is -0.356 e. The van der Waals surface area contributed by atoms with Gasteiger partial charge in [-0.2, -0.15) is 4.98 Å². The van der Waals surface area contributed by atoms with E-state index in [-0.39, 0.29) is 11.8 Å². The van der Waals surface area contributed by atoms with Gasteiger partial charge in [-0.1, -0.05) is 24.6 Å². The smallest absolute Gasteiger partial charge is 0.241 e. The zero-order valence-electron chi connectivity index (χ0n) is 14.0. The minimum atomic E-state index is 0.0651. The van der Waals surface area contributed by atoms with Crippen molar-refractivity contribution in [3.05, 3.63) is 23.4 Å². The lowest BCUT2D eigenvalue weighted by atomic mass is 9.97. The quantitative estimate of drug-likeness (QED) is 0.779. The Labute approximate surface area is 146 Å². The van der Waals surface area contributed by atoms with E-state index in [1.54, 1.807) is 11.3 Å². The summed E-state index contributed by atoms with van der Waals surface area (Å²) in [6, 6.07) is 3.96. The van der Waals surface area contributed by atoms with E-state index in [4.69, 9.17) is 4.52 Å². The van der Waals surface area contributed by atoms with Gasteiger partial charge in [-0.3, -0.25) is 9.69 Å². The van der Waals surface area contributed by atoms with Crippen LogP contribution < -0.4 is 5.32 Å². The Kier molecular flexibility index (Phi) is 5.98. The van der Waals surface area contributed by atoms with Gasteiger partial charge in [0.05, 0.1) is 17.3 Å². The highest BCUT2D eigenvalue weighted by atomic mass is 32.1. The number of nitrogens with one attached hydrogen (secondary N) is 1. The molecular weight excluding hydrogens is 324 g/mol. The number of unbranched alkanes of at least 4 members (excludes halogenated alkanes) is 1. The molecule has 1 N–H and O–H groups in total. The highest BCUT2D eigenvalue weighted by Crippen LogP contribution is 2.23. The maximum absolute atomic E-state index is 12.2. The molecule has 1 atom stereocenters. The molecule has 6 nitrogen and oxygen atoms in total. The highest BCUT2D eigenvalue weighted by Gasteiger charge is 2.26. The summed E-state index contributed by atoms with van der Waals surface area (Å²) in [5, 5.41) is 9.09. The normalized spacial score (nSPS) is 18.6. The van der Waals surface area contributed by atoms with Crippen LogP contribution in [0.2, 0.25) is 0 Å². The molecule has 0 saturated carbocycles. The number of hydrogen-bond donors (Lipinski definition) is 1. The van der Waals surface area contributed by atoms with Gasteiger partial charge >= 0.3 is 0 Å². The van der Waals surface area contributed by atoms with Gasteiger partial charge in [0.25, 0.3) is 0 Å². The molecule has 2 aromatic heterocycles. The average Bonchev–Trinajstić information content (AvgIpc) is 3.26. The van der Waals surface area contributed by atoms with Crippen molar-refractivity contribution in [2.75, 3.05) is 19.6 Å². The summed E-state index contributed by atoms with van der Waals surface area (Å²) in [5.41, 5.74) is 0. The van der Waals surface area contributed by atoms with Crippen molar-refractivity contribution in [1.29, 1.82) is 0 Å². The summed E-state index contributed by atoms with van der Waals surface area (Å²) in [4.78, 5) is 20.0. The molecule has 0 bridgehead atoms. The van der Waals surface area contributed by atoms with Gasteiger partial charge in [-0.15, -0.1) is 11.3 Å².